The van der Waals surface area contributed by atoms with E-state index in [1.54, 1.807) is 30.0 Å². The average molecular weight is 229 g/mol. The third-order valence-electron chi connectivity index (χ3n) is 2.06. The minimum atomic E-state index is -0.267. The predicted octanol–water partition coefficient (Wildman–Crippen LogP) is 2.29. The molecule has 0 atom stereocenters. The topological polar surface area (TPSA) is 21.3 Å². The quantitative estimate of drug-likeness (QED) is 0.756. The summed E-state index contributed by atoms with van der Waals surface area (Å²) >= 11 is 1.77. The van der Waals surface area contributed by atoms with Gasteiger partial charge in [-0.3, -0.25) is 0 Å². The van der Waals surface area contributed by atoms with Crippen LogP contribution in [-0.4, -0.2) is 25.7 Å². The maximum absolute atomic E-state index is 13.6. The average Bonchev–Trinajstić information content (AvgIpc) is 2.26. The number of hydrogen-bond donors (Lipinski definition) is 1. The molecule has 4 heteroatoms. The van der Waals surface area contributed by atoms with Crippen LogP contribution in [0.5, 0.6) is 5.75 Å². The zero-order chi connectivity index (χ0) is 11.1. The highest BCUT2D eigenvalue weighted by Crippen LogP contribution is 2.19. The van der Waals surface area contributed by atoms with E-state index < -0.39 is 0 Å². The molecule has 0 amide bonds. The Morgan fingerprint density at radius 1 is 1.47 bits per heavy atom. The van der Waals surface area contributed by atoms with Crippen LogP contribution in [0.25, 0.3) is 0 Å². The number of halogens is 1. The number of rotatable bonds is 6. The summed E-state index contributed by atoms with van der Waals surface area (Å²) in [6.45, 7) is 1.43. The van der Waals surface area contributed by atoms with Gasteiger partial charge in [-0.05, 0) is 12.3 Å². The molecule has 0 unspecified atom stereocenters. The van der Waals surface area contributed by atoms with E-state index in [0.29, 0.717) is 17.9 Å². The summed E-state index contributed by atoms with van der Waals surface area (Å²) in [6.07, 6.45) is 2.05. The molecule has 0 bridgehead atoms. The predicted molar refractivity (Wildman–Crippen MR) is 63.0 cm³/mol. The Labute approximate surface area is 94.2 Å². The molecule has 2 nitrogen and oxygen atoms in total. The molecule has 1 aromatic rings. The number of nitrogens with one attached hydrogen (secondary N) is 1. The van der Waals surface area contributed by atoms with Gasteiger partial charge in [0.15, 0.2) is 11.6 Å². The van der Waals surface area contributed by atoms with Crippen LogP contribution >= 0.6 is 11.8 Å². The highest BCUT2D eigenvalue weighted by molar-refractivity contribution is 7.98. The number of thioether (sulfide) groups is 1. The van der Waals surface area contributed by atoms with Crippen LogP contribution in [0.4, 0.5) is 4.39 Å². The Hall–Kier alpha value is -0.740. The van der Waals surface area contributed by atoms with Crippen molar-refractivity contribution in [3.63, 3.8) is 0 Å². The minimum Gasteiger partial charge on any atom is -0.494 e. The smallest absolute Gasteiger partial charge is 0.169 e. The molecule has 84 valence electrons. The Balaban J connectivity index is 2.53. The summed E-state index contributed by atoms with van der Waals surface area (Å²) in [6, 6.07) is 5.19. The first kappa shape index (κ1) is 12.3. The van der Waals surface area contributed by atoms with Gasteiger partial charge < -0.3 is 10.1 Å². The molecule has 0 saturated carbocycles. The van der Waals surface area contributed by atoms with Crippen LogP contribution in [-0.2, 0) is 6.54 Å². The maximum Gasteiger partial charge on any atom is 0.169 e. The number of ether oxygens (including phenoxy) is 1. The lowest BCUT2D eigenvalue weighted by Gasteiger charge is -2.08. The monoisotopic (exact) mass is 229 g/mol. The first-order valence-corrected chi connectivity index (χ1v) is 6.20. The van der Waals surface area contributed by atoms with E-state index in [9.17, 15) is 4.39 Å². The molecular weight excluding hydrogens is 213 g/mol. The summed E-state index contributed by atoms with van der Waals surface area (Å²) in [7, 11) is 1.48. The second-order valence-corrected chi connectivity index (χ2v) is 4.09. The molecule has 0 aliphatic carbocycles. The first-order valence-electron chi connectivity index (χ1n) is 4.80. The summed E-state index contributed by atoms with van der Waals surface area (Å²) in [4.78, 5) is 0. The normalized spacial score (nSPS) is 10.3. The molecule has 0 aliphatic heterocycles. The van der Waals surface area contributed by atoms with Gasteiger partial charge in [0.2, 0.25) is 0 Å². The van der Waals surface area contributed by atoms with Crippen molar-refractivity contribution < 1.29 is 9.13 Å². The van der Waals surface area contributed by atoms with Gasteiger partial charge >= 0.3 is 0 Å². The van der Waals surface area contributed by atoms with Crippen LogP contribution in [0.15, 0.2) is 18.2 Å². The SMILES string of the molecule is COc1cccc(CNCCSC)c1F. The van der Waals surface area contributed by atoms with Crippen molar-refractivity contribution in [2.75, 3.05) is 25.7 Å². The molecular formula is C11H16FNOS. The second kappa shape index (κ2) is 6.69. The second-order valence-electron chi connectivity index (χ2n) is 3.10. The molecule has 0 heterocycles. The van der Waals surface area contributed by atoms with Crippen molar-refractivity contribution in [3.8, 4) is 5.75 Å². The summed E-state index contributed by atoms with van der Waals surface area (Å²) in [5, 5.41) is 3.18. The van der Waals surface area contributed by atoms with E-state index in [4.69, 9.17) is 4.74 Å². The van der Waals surface area contributed by atoms with Gasteiger partial charge in [0.25, 0.3) is 0 Å². The van der Waals surface area contributed by atoms with Crippen molar-refractivity contribution in [1.82, 2.24) is 5.32 Å². The van der Waals surface area contributed by atoms with Gasteiger partial charge in [0.1, 0.15) is 0 Å². The van der Waals surface area contributed by atoms with E-state index in [1.165, 1.54) is 7.11 Å². The molecule has 1 N–H and O–H groups in total. The zero-order valence-electron chi connectivity index (χ0n) is 9.05. The van der Waals surface area contributed by atoms with Crippen molar-refractivity contribution in [2.45, 2.75) is 6.54 Å². The van der Waals surface area contributed by atoms with E-state index in [1.807, 2.05) is 6.26 Å². The van der Waals surface area contributed by atoms with Crippen LogP contribution in [0, 0.1) is 5.82 Å². The first-order chi connectivity index (χ1) is 7.29. The van der Waals surface area contributed by atoms with Crippen molar-refractivity contribution >= 4 is 11.8 Å². The van der Waals surface area contributed by atoms with Crippen LogP contribution < -0.4 is 10.1 Å². The third kappa shape index (κ3) is 3.72. The lowest BCUT2D eigenvalue weighted by molar-refractivity contribution is 0.383. The van der Waals surface area contributed by atoms with Crippen LogP contribution in [0.1, 0.15) is 5.56 Å². The van der Waals surface area contributed by atoms with Crippen molar-refractivity contribution in [1.29, 1.82) is 0 Å². The van der Waals surface area contributed by atoms with Gasteiger partial charge in [0.05, 0.1) is 7.11 Å². The van der Waals surface area contributed by atoms with Gasteiger partial charge in [-0.25, -0.2) is 4.39 Å². The lowest BCUT2D eigenvalue weighted by atomic mass is 10.2. The standard InChI is InChI=1S/C11H16FNOS/c1-14-10-5-3-4-9(11(10)12)8-13-6-7-15-2/h3-5,13H,6-8H2,1-2H3. The number of methoxy groups -OCH3 is 1. The molecule has 15 heavy (non-hydrogen) atoms. The molecule has 0 fully saturated rings. The van der Waals surface area contributed by atoms with Crippen LogP contribution in [0.2, 0.25) is 0 Å². The Morgan fingerprint density at radius 3 is 2.93 bits per heavy atom. The van der Waals surface area contributed by atoms with Gasteiger partial charge in [-0.15, -0.1) is 0 Å². The molecule has 0 aromatic heterocycles. The van der Waals surface area contributed by atoms with Gasteiger partial charge in [-0.2, -0.15) is 11.8 Å². The van der Waals surface area contributed by atoms with E-state index in [2.05, 4.69) is 5.32 Å². The summed E-state index contributed by atoms with van der Waals surface area (Å²) in [5.41, 5.74) is 0.649. The molecule has 0 aliphatic rings. The molecule has 1 aromatic carbocycles. The minimum absolute atomic E-state index is 0.267. The summed E-state index contributed by atoms with van der Waals surface area (Å²) < 4.78 is 18.5. The Morgan fingerprint density at radius 2 is 2.27 bits per heavy atom. The molecule has 0 spiro atoms. The lowest BCUT2D eigenvalue weighted by Crippen LogP contribution is -2.17. The third-order valence-corrected chi connectivity index (χ3v) is 2.67. The van der Waals surface area contributed by atoms with Gasteiger partial charge in [-0.1, -0.05) is 12.1 Å². The fourth-order valence-electron chi connectivity index (χ4n) is 1.25. The number of benzene rings is 1. The Kier molecular flexibility index (Phi) is 5.50. The maximum atomic E-state index is 13.6. The largest absolute Gasteiger partial charge is 0.494 e. The zero-order valence-corrected chi connectivity index (χ0v) is 9.86. The highest BCUT2D eigenvalue weighted by Gasteiger charge is 2.06. The summed E-state index contributed by atoms with van der Waals surface area (Å²) in [5.74, 6) is 1.07. The van der Waals surface area contributed by atoms with Gasteiger partial charge in [0, 0.05) is 24.4 Å². The highest BCUT2D eigenvalue weighted by atomic mass is 32.2. The molecule has 0 radical (unpaired) electrons. The van der Waals surface area contributed by atoms with E-state index in [-0.39, 0.29) is 5.82 Å². The van der Waals surface area contributed by atoms with Crippen molar-refractivity contribution in [3.05, 3.63) is 29.6 Å². The fourth-order valence-corrected chi connectivity index (χ4v) is 1.60. The van der Waals surface area contributed by atoms with E-state index in [0.717, 1.165) is 12.3 Å². The molecule has 1 rings (SSSR count). The van der Waals surface area contributed by atoms with E-state index >= 15 is 0 Å². The Bertz CT molecular complexity index is 307. The number of hydrogen-bond acceptors (Lipinski definition) is 3. The molecule has 0 saturated heterocycles. The van der Waals surface area contributed by atoms with Crippen molar-refractivity contribution in [2.24, 2.45) is 0 Å². The fraction of sp³-hybridized carbons (Fsp3) is 0.455. The van der Waals surface area contributed by atoms with Crippen LogP contribution in [0.3, 0.4) is 0 Å².